The average Bonchev–Trinajstić information content (AvgIpc) is 2.99. The van der Waals surface area contributed by atoms with Crippen molar-refractivity contribution in [2.24, 2.45) is 0 Å². The lowest BCUT2D eigenvalue weighted by Gasteiger charge is -2.21. The highest BCUT2D eigenvalue weighted by atomic mass is 32.1. The van der Waals surface area contributed by atoms with Crippen molar-refractivity contribution in [3.63, 3.8) is 0 Å². The second-order valence-corrected chi connectivity index (χ2v) is 6.15. The zero-order valence-electron chi connectivity index (χ0n) is 11.3. The molecule has 0 atom stereocenters. The van der Waals surface area contributed by atoms with Gasteiger partial charge in [0.15, 0.2) is 0 Å². The van der Waals surface area contributed by atoms with Crippen molar-refractivity contribution in [3.8, 4) is 0 Å². The number of aromatic nitrogens is 3. The van der Waals surface area contributed by atoms with Gasteiger partial charge in [0, 0.05) is 31.3 Å². The van der Waals surface area contributed by atoms with Crippen LogP contribution in [0.1, 0.15) is 43.0 Å². The van der Waals surface area contributed by atoms with Crippen molar-refractivity contribution < 1.29 is 4.79 Å². The normalized spacial score (nSPS) is 15.0. The van der Waals surface area contributed by atoms with Gasteiger partial charge in [-0.25, -0.2) is 0 Å². The first-order valence-corrected chi connectivity index (χ1v) is 7.87. The van der Waals surface area contributed by atoms with E-state index in [1.54, 1.807) is 0 Å². The molecule has 1 aliphatic carbocycles. The molecule has 2 aromatic heterocycles. The number of amides is 1. The van der Waals surface area contributed by atoms with Crippen molar-refractivity contribution in [2.75, 3.05) is 5.32 Å². The van der Waals surface area contributed by atoms with E-state index in [0.717, 1.165) is 18.0 Å². The minimum absolute atomic E-state index is 0.0217. The van der Waals surface area contributed by atoms with Crippen molar-refractivity contribution in [3.05, 3.63) is 29.5 Å². The lowest BCUT2D eigenvalue weighted by atomic mass is 9.86. The summed E-state index contributed by atoms with van der Waals surface area (Å²) >= 11 is 1.52. The van der Waals surface area contributed by atoms with E-state index in [0.29, 0.717) is 17.5 Å². The van der Waals surface area contributed by atoms with Gasteiger partial charge in [0.05, 0.1) is 0 Å². The van der Waals surface area contributed by atoms with Gasteiger partial charge in [-0.1, -0.05) is 17.8 Å². The van der Waals surface area contributed by atoms with Gasteiger partial charge < -0.3 is 9.88 Å². The summed E-state index contributed by atoms with van der Waals surface area (Å²) in [5.41, 5.74) is 0. The zero-order chi connectivity index (χ0) is 13.8. The molecule has 20 heavy (non-hydrogen) atoms. The summed E-state index contributed by atoms with van der Waals surface area (Å²) in [4.78, 5) is 11.8. The second kappa shape index (κ2) is 6.17. The maximum absolute atomic E-state index is 11.8. The van der Waals surface area contributed by atoms with Crippen LogP contribution in [0.15, 0.2) is 24.5 Å². The maximum Gasteiger partial charge on any atom is 0.226 e. The van der Waals surface area contributed by atoms with Crippen LogP contribution >= 0.6 is 11.3 Å². The summed E-state index contributed by atoms with van der Waals surface area (Å²) in [5.74, 6) is 0.598. The predicted molar refractivity (Wildman–Crippen MR) is 78.8 cm³/mol. The molecule has 1 saturated carbocycles. The number of hydrogen-bond donors (Lipinski definition) is 1. The topological polar surface area (TPSA) is 59.8 Å². The SMILES string of the molecule is O=C(CCCn1cccc1)Nc1nnc(C2CCC2)s1. The van der Waals surface area contributed by atoms with Crippen LogP contribution in [0.5, 0.6) is 0 Å². The third-order valence-corrected chi connectivity index (χ3v) is 4.63. The van der Waals surface area contributed by atoms with Crippen molar-refractivity contribution in [1.82, 2.24) is 14.8 Å². The molecular weight excluding hydrogens is 272 g/mol. The third-order valence-electron chi connectivity index (χ3n) is 3.63. The zero-order valence-corrected chi connectivity index (χ0v) is 12.1. The fourth-order valence-electron chi connectivity index (χ4n) is 2.23. The number of anilines is 1. The molecule has 5 nitrogen and oxygen atoms in total. The highest BCUT2D eigenvalue weighted by molar-refractivity contribution is 7.15. The van der Waals surface area contributed by atoms with E-state index in [1.807, 2.05) is 24.5 Å². The van der Waals surface area contributed by atoms with Crippen LogP contribution in [-0.2, 0) is 11.3 Å². The quantitative estimate of drug-likeness (QED) is 0.889. The lowest BCUT2D eigenvalue weighted by molar-refractivity contribution is -0.116. The maximum atomic E-state index is 11.8. The molecule has 0 aromatic carbocycles. The van der Waals surface area contributed by atoms with E-state index in [1.165, 1.54) is 30.6 Å². The third kappa shape index (κ3) is 3.25. The Bertz CT molecular complexity index is 560. The number of aryl methyl sites for hydroxylation is 1. The van der Waals surface area contributed by atoms with E-state index < -0.39 is 0 Å². The molecule has 1 aliphatic rings. The van der Waals surface area contributed by atoms with Gasteiger partial charge >= 0.3 is 0 Å². The Hall–Kier alpha value is -1.69. The van der Waals surface area contributed by atoms with Crippen LogP contribution < -0.4 is 5.32 Å². The Labute approximate surface area is 122 Å². The van der Waals surface area contributed by atoms with Crippen LogP contribution in [0, 0.1) is 0 Å². The first-order chi connectivity index (χ1) is 9.81. The van der Waals surface area contributed by atoms with Crippen LogP contribution in [0.3, 0.4) is 0 Å². The number of nitrogens with zero attached hydrogens (tertiary/aromatic N) is 3. The van der Waals surface area contributed by atoms with Gasteiger partial charge in [0.1, 0.15) is 5.01 Å². The Morgan fingerprint density at radius 2 is 2.15 bits per heavy atom. The highest BCUT2D eigenvalue weighted by Crippen LogP contribution is 2.38. The fraction of sp³-hybridized carbons (Fsp3) is 0.500. The minimum atomic E-state index is 0.0217. The van der Waals surface area contributed by atoms with Crippen LogP contribution in [0.2, 0.25) is 0 Å². The summed E-state index contributed by atoms with van der Waals surface area (Å²) < 4.78 is 2.08. The summed E-state index contributed by atoms with van der Waals surface area (Å²) in [6.07, 6.45) is 9.05. The smallest absolute Gasteiger partial charge is 0.226 e. The molecule has 2 heterocycles. The molecule has 0 unspecified atom stereocenters. The van der Waals surface area contributed by atoms with Gasteiger partial charge in [-0.2, -0.15) is 0 Å². The van der Waals surface area contributed by atoms with Crippen LogP contribution in [0.4, 0.5) is 5.13 Å². The number of carbonyl (C=O) groups is 1. The summed E-state index contributed by atoms with van der Waals surface area (Å²) in [6, 6.07) is 3.98. The van der Waals surface area contributed by atoms with Crippen molar-refractivity contribution >= 4 is 22.4 Å². The van der Waals surface area contributed by atoms with Crippen LogP contribution in [-0.4, -0.2) is 20.7 Å². The molecule has 3 rings (SSSR count). The number of carbonyl (C=O) groups excluding carboxylic acids is 1. The second-order valence-electron chi connectivity index (χ2n) is 5.15. The summed E-state index contributed by atoms with van der Waals surface area (Å²) in [5, 5.41) is 12.8. The molecule has 106 valence electrons. The highest BCUT2D eigenvalue weighted by Gasteiger charge is 2.23. The molecule has 0 spiro atoms. The number of rotatable bonds is 6. The Morgan fingerprint density at radius 3 is 2.85 bits per heavy atom. The molecule has 0 saturated heterocycles. The van der Waals surface area contributed by atoms with E-state index >= 15 is 0 Å². The van der Waals surface area contributed by atoms with Crippen molar-refractivity contribution in [2.45, 2.75) is 44.6 Å². The first-order valence-electron chi connectivity index (χ1n) is 7.05. The molecule has 0 bridgehead atoms. The van der Waals surface area contributed by atoms with E-state index in [2.05, 4.69) is 20.1 Å². The molecule has 6 heteroatoms. The molecule has 1 fully saturated rings. The fourth-order valence-corrected chi connectivity index (χ4v) is 3.16. The number of nitrogens with one attached hydrogen (secondary N) is 1. The minimum Gasteiger partial charge on any atom is -0.354 e. The monoisotopic (exact) mass is 290 g/mol. The molecule has 1 N–H and O–H groups in total. The van der Waals surface area contributed by atoms with E-state index in [-0.39, 0.29) is 5.91 Å². The van der Waals surface area contributed by atoms with E-state index in [4.69, 9.17) is 0 Å². The standard InChI is InChI=1S/C14H18N4OS/c19-12(7-4-10-18-8-1-2-9-18)15-14-17-16-13(20-14)11-5-3-6-11/h1-2,8-9,11H,3-7,10H2,(H,15,17,19). The summed E-state index contributed by atoms with van der Waals surface area (Å²) in [7, 11) is 0. The van der Waals surface area contributed by atoms with Gasteiger partial charge in [0.25, 0.3) is 0 Å². The number of hydrogen-bond acceptors (Lipinski definition) is 4. The Morgan fingerprint density at radius 1 is 1.35 bits per heavy atom. The first kappa shape index (κ1) is 13.3. The Balaban J connectivity index is 1.42. The summed E-state index contributed by atoms with van der Waals surface area (Å²) in [6.45, 7) is 0.865. The van der Waals surface area contributed by atoms with Crippen LogP contribution in [0.25, 0.3) is 0 Å². The van der Waals surface area contributed by atoms with E-state index in [9.17, 15) is 4.79 Å². The van der Waals surface area contributed by atoms with Gasteiger partial charge in [-0.3, -0.25) is 4.79 Å². The Kier molecular flexibility index (Phi) is 4.11. The molecular formula is C14H18N4OS. The van der Waals surface area contributed by atoms with Gasteiger partial charge in [0.2, 0.25) is 11.0 Å². The van der Waals surface area contributed by atoms with Gasteiger partial charge in [-0.05, 0) is 31.4 Å². The van der Waals surface area contributed by atoms with Gasteiger partial charge in [-0.15, -0.1) is 10.2 Å². The molecule has 2 aromatic rings. The molecule has 0 aliphatic heterocycles. The molecule has 0 radical (unpaired) electrons. The average molecular weight is 290 g/mol. The lowest BCUT2D eigenvalue weighted by Crippen LogP contribution is -2.12. The largest absolute Gasteiger partial charge is 0.354 e. The predicted octanol–water partition coefficient (Wildman–Crippen LogP) is 3.03. The molecule has 1 amide bonds. The van der Waals surface area contributed by atoms with Crippen molar-refractivity contribution in [1.29, 1.82) is 0 Å².